The second-order valence-electron chi connectivity index (χ2n) is 3.56. The van der Waals surface area contributed by atoms with Gasteiger partial charge in [0.2, 0.25) is 0 Å². The minimum absolute atomic E-state index is 0.0785. The van der Waals surface area contributed by atoms with E-state index in [-0.39, 0.29) is 18.6 Å². The number of carbonyl (C=O) groups excluding carboxylic acids is 1. The summed E-state index contributed by atoms with van der Waals surface area (Å²) in [5.74, 6) is -0.476. The molecule has 1 aromatic heterocycles. The Balaban J connectivity index is 3.09. The van der Waals surface area contributed by atoms with Crippen molar-refractivity contribution in [2.45, 2.75) is 26.7 Å². The van der Waals surface area contributed by atoms with Crippen molar-refractivity contribution in [2.75, 3.05) is 6.61 Å². The summed E-state index contributed by atoms with van der Waals surface area (Å²) < 4.78 is 30.0. The van der Waals surface area contributed by atoms with E-state index in [0.717, 1.165) is 0 Å². The van der Waals surface area contributed by atoms with Crippen molar-refractivity contribution < 1.29 is 18.3 Å². The Kier molecular flexibility index (Phi) is 4.72. The molecule has 18 heavy (non-hydrogen) atoms. The molecule has 6 heteroatoms. The van der Waals surface area contributed by atoms with Crippen molar-refractivity contribution in [3.05, 3.63) is 28.6 Å². The van der Waals surface area contributed by atoms with Crippen LogP contribution < -0.4 is 0 Å². The summed E-state index contributed by atoms with van der Waals surface area (Å²) in [5, 5.41) is 8.78. The van der Waals surface area contributed by atoms with Crippen molar-refractivity contribution in [3.8, 4) is 6.07 Å². The zero-order chi connectivity index (χ0) is 13.7. The molecule has 0 atom stereocenters. The van der Waals surface area contributed by atoms with Gasteiger partial charge in [0, 0.05) is 5.69 Å². The highest BCUT2D eigenvalue weighted by Crippen LogP contribution is 2.23. The van der Waals surface area contributed by atoms with E-state index in [9.17, 15) is 13.6 Å². The lowest BCUT2D eigenvalue weighted by Gasteiger charge is -2.09. The van der Waals surface area contributed by atoms with Gasteiger partial charge in [0.15, 0.2) is 0 Å². The summed E-state index contributed by atoms with van der Waals surface area (Å²) in [7, 11) is 0. The molecule has 0 saturated carbocycles. The number of nitriles is 1. The number of halogens is 2. The number of hydrogen-bond donors (Lipinski definition) is 0. The smallest absolute Gasteiger partial charge is 0.310 e. The van der Waals surface area contributed by atoms with Crippen LogP contribution in [-0.2, 0) is 16.0 Å². The molecular formula is C12H12F2N2O2. The summed E-state index contributed by atoms with van der Waals surface area (Å²) >= 11 is 0. The Labute approximate surface area is 103 Å². The van der Waals surface area contributed by atoms with Gasteiger partial charge in [-0.2, -0.15) is 5.26 Å². The molecule has 0 unspecified atom stereocenters. The highest BCUT2D eigenvalue weighted by Gasteiger charge is 2.18. The Morgan fingerprint density at radius 1 is 1.61 bits per heavy atom. The van der Waals surface area contributed by atoms with E-state index in [4.69, 9.17) is 10.00 Å². The molecule has 0 aliphatic carbocycles. The first-order valence-electron chi connectivity index (χ1n) is 5.33. The molecule has 0 saturated heterocycles. The number of aromatic nitrogens is 1. The summed E-state index contributed by atoms with van der Waals surface area (Å²) in [6.45, 7) is 3.43. The number of rotatable bonds is 4. The molecule has 0 bridgehead atoms. The second kappa shape index (κ2) is 6.05. The predicted octanol–water partition coefficient (Wildman–Crippen LogP) is 2.30. The van der Waals surface area contributed by atoms with Gasteiger partial charge in [-0.3, -0.25) is 9.78 Å². The Morgan fingerprint density at radius 3 is 2.78 bits per heavy atom. The van der Waals surface area contributed by atoms with Crippen LogP contribution in [0.5, 0.6) is 0 Å². The fraction of sp³-hybridized carbons (Fsp3) is 0.417. The second-order valence-corrected chi connectivity index (χ2v) is 3.56. The molecule has 1 aromatic rings. The molecule has 0 aliphatic rings. The van der Waals surface area contributed by atoms with Gasteiger partial charge in [0.05, 0.1) is 18.6 Å². The van der Waals surface area contributed by atoms with Gasteiger partial charge in [0.1, 0.15) is 11.8 Å². The van der Waals surface area contributed by atoms with Gasteiger partial charge < -0.3 is 4.74 Å². The van der Waals surface area contributed by atoms with Gasteiger partial charge in [-0.15, -0.1) is 0 Å². The first kappa shape index (κ1) is 14.0. The summed E-state index contributed by atoms with van der Waals surface area (Å²) in [4.78, 5) is 15.0. The summed E-state index contributed by atoms with van der Waals surface area (Å²) in [6, 6.07) is 2.92. The average Bonchev–Trinajstić information content (AvgIpc) is 2.31. The van der Waals surface area contributed by atoms with Crippen LogP contribution in [0.3, 0.4) is 0 Å². The molecule has 0 radical (unpaired) electrons. The van der Waals surface area contributed by atoms with E-state index in [1.807, 2.05) is 0 Å². The van der Waals surface area contributed by atoms with Crippen LogP contribution in [-0.4, -0.2) is 17.6 Å². The van der Waals surface area contributed by atoms with Crippen molar-refractivity contribution in [1.29, 1.82) is 5.26 Å². The maximum Gasteiger partial charge on any atom is 0.310 e. The molecule has 4 nitrogen and oxygen atoms in total. The van der Waals surface area contributed by atoms with E-state index in [0.29, 0.717) is 11.3 Å². The lowest BCUT2D eigenvalue weighted by atomic mass is 10.1. The van der Waals surface area contributed by atoms with Crippen LogP contribution in [0.1, 0.15) is 35.9 Å². The number of hydrogen-bond acceptors (Lipinski definition) is 4. The fourth-order valence-electron chi connectivity index (χ4n) is 1.47. The topological polar surface area (TPSA) is 63.0 Å². The van der Waals surface area contributed by atoms with E-state index in [1.165, 1.54) is 13.0 Å². The maximum atomic E-state index is 12.6. The minimum atomic E-state index is -2.81. The number of pyridine rings is 1. The lowest BCUT2D eigenvalue weighted by Crippen LogP contribution is -2.10. The number of alkyl halides is 2. The summed E-state index contributed by atoms with van der Waals surface area (Å²) in [6.07, 6.45) is -2.89. The molecule has 1 heterocycles. The average molecular weight is 254 g/mol. The van der Waals surface area contributed by atoms with Crippen LogP contribution in [0, 0.1) is 18.3 Å². The number of esters is 1. The molecule has 0 spiro atoms. The van der Waals surface area contributed by atoms with Gasteiger partial charge in [0.25, 0.3) is 6.43 Å². The van der Waals surface area contributed by atoms with Crippen molar-refractivity contribution >= 4 is 5.97 Å². The van der Waals surface area contributed by atoms with E-state index in [1.54, 1.807) is 13.0 Å². The predicted molar refractivity (Wildman–Crippen MR) is 59.0 cm³/mol. The molecule has 0 fully saturated rings. The van der Waals surface area contributed by atoms with Crippen LogP contribution in [0.15, 0.2) is 6.07 Å². The van der Waals surface area contributed by atoms with Gasteiger partial charge in [-0.25, -0.2) is 8.78 Å². The fourth-order valence-corrected chi connectivity index (χ4v) is 1.47. The molecule has 0 aliphatic heterocycles. The quantitative estimate of drug-likeness (QED) is 0.773. The van der Waals surface area contributed by atoms with Crippen LogP contribution in [0.2, 0.25) is 0 Å². The van der Waals surface area contributed by atoms with Gasteiger partial charge in [-0.1, -0.05) is 0 Å². The number of ether oxygens (including phenoxy) is 1. The monoisotopic (exact) mass is 254 g/mol. The van der Waals surface area contributed by atoms with Gasteiger partial charge >= 0.3 is 5.97 Å². The largest absolute Gasteiger partial charge is 0.466 e. The third kappa shape index (κ3) is 3.23. The lowest BCUT2D eigenvalue weighted by molar-refractivity contribution is -0.142. The molecule has 0 N–H and O–H groups in total. The third-order valence-electron chi connectivity index (χ3n) is 2.31. The SMILES string of the molecule is CCOC(=O)Cc1cc(C#N)c(C(F)F)nc1C. The normalized spacial score (nSPS) is 10.2. The van der Waals surface area contributed by atoms with E-state index in [2.05, 4.69) is 4.98 Å². The third-order valence-corrected chi connectivity index (χ3v) is 2.31. The first-order valence-corrected chi connectivity index (χ1v) is 5.33. The molecule has 0 amide bonds. The zero-order valence-electron chi connectivity index (χ0n) is 10.0. The maximum absolute atomic E-state index is 12.6. The molecule has 0 aromatic carbocycles. The summed E-state index contributed by atoms with van der Waals surface area (Å²) in [5.41, 5.74) is -0.0377. The Morgan fingerprint density at radius 2 is 2.28 bits per heavy atom. The van der Waals surface area contributed by atoms with Crippen molar-refractivity contribution in [2.24, 2.45) is 0 Å². The van der Waals surface area contributed by atoms with Crippen LogP contribution >= 0.6 is 0 Å². The van der Waals surface area contributed by atoms with Gasteiger partial charge in [-0.05, 0) is 25.5 Å². The van der Waals surface area contributed by atoms with Crippen LogP contribution in [0.25, 0.3) is 0 Å². The standard InChI is InChI=1S/C12H12F2N2O2/c1-3-18-10(17)5-8-4-9(6-15)11(12(13)14)16-7(8)2/h4,12H,3,5H2,1-2H3. The van der Waals surface area contributed by atoms with Crippen LogP contribution in [0.4, 0.5) is 8.78 Å². The minimum Gasteiger partial charge on any atom is -0.466 e. The zero-order valence-corrected chi connectivity index (χ0v) is 10.0. The number of carbonyl (C=O) groups is 1. The molecule has 1 rings (SSSR count). The highest BCUT2D eigenvalue weighted by molar-refractivity contribution is 5.73. The van der Waals surface area contributed by atoms with E-state index >= 15 is 0 Å². The Hall–Kier alpha value is -2.03. The van der Waals surface area contributed by atoms with E-state index < -0.39 is 18.1 Å². The van der Waals surface area contributed by atoms with Crippen molar-refractivity contribution in [3.63, 3.8) is 0 Å². The number of nitrogens with zero attached hydrogens (tertiary/aromatic N) is 2. The Bertz CT molecular complexity index is 496. The first-order chi connectivity index (χ1) is 8.49. The van der Waals surface area contributed by atoms with Crippen molar-refractivity contribution in [1.82, 2.24) is 4.98 Å². The molecule has 96 valence electrons. The number of aryl methyl sites for hydroxylation is 1. The molecular weight excluding hydrogens is 242 g/mol. The highest BCUT2D eigenvalue weighted by atomic mass is 19.3.